The molecule has 0 spiro atoms. The molecule has 0 aliphatic rings. The Bertz CT molecular complexity index is 957. The number of amides is 1. The van der Waals surface area contributed by atoms with Crippen LogP contribution in [0.5, 0.6) is 17.2 Å². The van der Waals surface area contributed by atoms with Crippen molar-refractivity contribution in [1.82, 2.24) is 5.43 Å². The number of esters is 1. The second kappa shape index (κ2) is 17.1. The summed E-state index contributed by atoms with van der Waals surface area (Å²) in [6.45, 7) is 4.96. The Morgan fingerprint density at radius 3 is 2.25 bits per heavy atom. The summed E-state index contributed by atoms with van der Waals surface area (Å²) in [6, 6.07) is 11.9. The maximum atomic E-state index is 12.6. The van der Waals surface area contributed by atoms with Gasteiger partial charge in [0.05, 0.1) is 25.5 Å². The largest absolute Gasteiger partial charge is 0.494 e. The van der Waals surface area contributed by atoms with Crippen LogP contribution in [0.1, 0.15) is 94.0 Å². The summed E-state index contributed by atoms with van der Waals surface area (Å²) in [5.41, 5.74) is 3.68. The molecule has 36 heavy (non-hydrogen) atoms. The molecule has 0 saturated heterocycles. The second-order valence-corrected chi connectivity index (χ2v) is 8.69. The van der Waals surface area contributed by atoms with Crippen molar-refractivity contribution in [3.8, 4) is 17.2 Å². The number of methoxy groups -OCH3 is 1. The van der Waals surface area contributed by atoms with Gasteiger partial charge in [0.25, 0.3) is 0 Å². The van der Waals surface area contributed by atoms with Gasteiger partial charge >= 0.3 is 5.97 Å². The predicted octanol–water partition coefficient (Wildman–Crippen LogP) is 6.68. The molecule has 2 aromatic carbocycles. The van der Waals surface area contributed by atoms with Crippen molar-refractivity contribution in [2.45, 2.75) is 78.1 Å². The molecule has 0 aliphatic carbocycles. The third-order valence-electron chi connectivity index (χ3n) is 5.66. The van der Waals surface area contributed by atoms with Crippen molar-refractivity contribution in [3.05, 3.63) is 53.6 Å². The Hall–Kier alpha value is -3.35. The van der Waals surface area contributed by atoms with Crippen LogP contribution in [0.25, 0.3) is 0 Å². The van der Waals surface area contributed by atoms with Crippen LogP contribution in [0.3, 0.4) is 0 Å². The lowest BCUT2D eigenvalue weighted by atomic mass is 10.1. The van der Waals surface area contributed by atoms with Crippen LogP contribution in [0.4, 0.5) is 0 Å². The van der Waals surface area contributed by atoms with E-state index < -0.39 is 5.97 Å². The molecule has 0 bridgehead atoms. The normalized spacial score (nSPS) is 10.9. The van der Waals surface area contributed by atoms with E-state index in [0.717, 1.165) is 31.4 Å². The Kier molecular flexibility index (Phi) is 13.8. The molecule has 0 aliphatic heterocycles. The van der Waals surface area contributed by atoms with Gasteiger partial charge in [-0.25, -0.2) is 10.2 Å². The standard InChI is InChI=1S/C29H40N2O5/c1-4-6-8-9-10-11-12-13-28(32)31-30-22-23-14-19-26(27(21-23)34-3)36-29(33)24-15-17-25(18-16-24)35-20-7-5-2/h14-19,21-22H,4-13,20H2,1-3H3,(H,31,32). The summed E-state index contributed by atoms with van der Waals surface area (Å²) in [7, 11) is 1.50. The van der Waals surface area contributed by atoms with Crippen LogP contribution >= 0.6 is 0 Å². The molecule has 0 unspecified atom stereocenters. The summed E-state index contributed by atoms with van der Waals surface area (Å²) >= 11 is 0. The average Bonchev–Trinajstić information content (AvgIpc) is 2.89. The highest BCUT2D eigenvalue weighted by molar-refractivity contribution is 5.91. The first kappa shape index (κ1) is 28.9. The number of carbonyl (C=O) groups is 2. The molecule has 196 valence electrons. The highest BCUT2D eigenvalue weighted by atomic mass is 16.6. The van der Waals surface area contributed by atoms with Gasteiger partial charge in [-0.05, 0) is 60.9 Å². The molecule has 0 atom stereocenters. The molecule has 7 heteroatoms. The SMILES string of the molecule is CCCCCCCCCC(=O)NN=Cc1ccc(OC(=O)c2ccc(OCCCC)cc2)c(OC)c1. The zero-order valence-electron chi connectivity index (χ0n) is 21.9. The van der Waals surface area contributed by atoms with Crippen molar-refractivity contribution in [2.24, 2.45) is 5.10 Å². The summed E-state index contributed by atoms with van der Waals surface area (Å²) in [5, 5.41) is 4.03. The van der Waals surface area contributed by atoms with Gasteiger partial charge in [0, 0.05) is 6.42 Å². The fraction of sp³-hybridized carbons (Fsp3) is 0.483. The molecule has 1 N–H and O–H groups in total. The van der Waals surface area contributed by atoms with E-state index in [1.807, 2.05) is 0 Å². The van der Waals surface area contributed by atoms with E-state index in [-0.39, 0.29) is 5.91 Å². The minimum atomic E-state index is -0.493. The average molecular weight is 497 g/mol. The Labute approximate surface area is 215 Å². The molecule has 2 aromatic rings. The van der Waals surface area contributed by atoms with Crippen LogP contribution in [-0.2, 0) is 4.79 Å². The molecule has 0 radical (unpaired) electrons. The van der Waals surface area contributed by atoms with Crippen molar-refractivity contribution < 1.29 is 23.8 Å². The number of nitrogens with zero attached hydrogens (tertiary/aromatic N) is 1. The molecule has 1 amide bonds. The number of rotatable bonds is 17. The van der Waals surface area contributed by atoms with Crippen LogP contribution < -0.4 is 19.6 Å². The van der Waals surface area contributed by atoms with E-state index >= 15 is 0 Å². The van der Waals surface area contributed by atoms with Gasteiger partial charge in [0.1, 0.15) is 5.75 Å². The van der Waals surface area contributed by atoms with E-state index in [1.54, 1.807) is 42.5 Å². The molecule has 0 fully saturated rings. The fourth-order valence-electron chi connectivity index (χ4n) is 3.51. The first-order chi connectivity index (χ1) is 17.6. The van der Waals surface area contributed by atoms with Gasteiger partial charge in [-0.1, -0.05) is 58.8 Å². The quantitative estimate of drug-likeness (QED) is 0.0867. The van der Waals surface area contributed by atoms with Crippen LogP contribution in [0.2, 0.25) is 0 Å². The van der Waals surface area contributed by atoms with Gasteiger partial charge in [-0.15, -0.1) is 0 Å². The molecule has 0 saturated carbocycles. The van der Waals surface area contributed by atoms with E-state index in [2.05, 4.69) is 24.4 Å². The zero-order chi connectivity index (χ0) is 26.0. The zero-order valence-corrected chi connectivity index (χ0v) is 21.9. The number of unbranched alkanes of at least 4 members (excludes halogenated alkanes) is 7. The highest BCUT2D eigenvalue weighted by Crippen LogP contribution is 2.28. The number of hydrogen-bond donors (Lipinski definition) is 1. The Morgan fingerprint density at radius 1 is 0.861 bits per heavy atom. The summed E-state index contributed by atoms with van der Waals surface area (Å²) in [4.78, 5) is 24.5. The topological polar surface area (TPSA) is 86.2 Å². The number of carbonyl (C=O) groups excluding carboxylic acids is 2. The molecule has 0 aromatic heterocycles. The number of nitrogens with one attached hydrogen (secondary N) is 1. The number of benzene rings is 2. The minimum Gasteiger partial charge on any atom is -0.494 e. The van der Waals surface area contributed by atoms with Crippen molar-refractivity contribution in [1.29, 1.82) is 0 Å². The minimum absolute atomic E-state index is 0.0981. The third kappa shape index (κ3) is 10.9. The molecular formula is C29H40N2O5. The lowest BCUT2D eigenvalue weighted by Gasteiger charge is -2.10. The second-order valence-electron chi connectivity index (χ2n) is 8.69. The first-order valence-corrected chi connectivity index (χ1v) is 13.0. The molecule has 2 rings (SSSR count). The number of hydrogen-bond acceptors (Lipinski definition) is 6. The van der Waals surface area contributed by atoms with Crippen molar-refractivity contribution in [2.75, 3.05) is 13.7 Å². The van der Waals surface area contributed by atoms with E-state index in [9.17, 15) is 9.59 Å². The van der Waals surface area contributed by atoms with Crippen LogP contribution in [0.15, 0.2) is 47.6 Å². The molecular weight excluding hydrogens is 456 g/mol. The first-order valence-electron chi connectivity index (χ1n) is 13.0. The van der Waals surface area contributed by atoms with Gasteiger partial charge < -0.3 is 14.2 Å². The van der Waals surface area contributed by atoms with Gasteiger partial charge in [-0.2, -0.15) is 5.10 Å². The summed E-state index contributed by atoms with van der Waals surface area (Å²) in [6.07, 6.45) is 12.2. The highest BCUT2D eigenvalue weighted by Gasteiger charge is 2.13. The number of hydrazone groups is 1. The predicted molar refractivity (Wildman–Crippen MR) is 143 cm³/mol. The summed E-state index contributed by atoms with van der Waals surface area (Å²) in [5.74, 6) is 0.814. The van der Waals surface area contributed by atoms with E-state index in [4.69, 9.17) is 14.2 Å². The van der Waals surface area contributed by atoms with E-state index in [0.29, 0.717) is 35.7 Å². The van der Waals surface area contributed by atoms with Crippen LogP contribution in [-0.4, -0.2) is 31.8 Å². The summed E-state index contributed by atoms with van der Waals surface area (Å²) < 4.78 is 16.5. The number of ether oxygens (including phenoxy) is 3. The third-order valence-corrected chi connectivity index (χ3v) is 5.66. The maximum Gasteiger partial charge on any atom is 0.343 e. The van der Waals surface area contributed by atoms with Crippen molar-refractivity contribution in [3.63, 3.8) is 0 Å². The smallest absolute Gasteiger partial charge is 0.343 e. The van der Waals surface area contributed by atoms with Gasteiger partial charge in [-0.3, -0.25) is 4.79 Å². The lowest BCUT2D eigenvalue weighted by molar-refractivity contribution is -0.121. The molecule has 0 heterocycles. The maximum absolute atomic E-state index is 12.6. The van der Waals surface area contributed by atoms with Crippen LogP contribution in [0, 0.1) is 0 Å². The Morgan fingerprint density at radius 2 is 1.56 bits per heavy atom. The van der Waals surface area contributed by atoms with E-state index in [1.165, 1.54) is 45.4 Å². The van der Waals surface area contributed by atoms with Gasteiger partial charge in [0.2, 0.25) is 5.91 Å². The molecule has 7 nitrogen and oxygen atoms in total. The van der Waals surface area contributed by atoms with Crippen molar-refractivity contribution >= 4 is 18.1 Å². The Balaban J connectivity index is 1.82. The lowest BCUT2D eigenvalue weighted by Crippen LogP contribution is -2.16. The monoisotopic (exact) mass is 496 g/mol. The fourth-order valence-corrected chi connectivity index (χ4v) is 3.51. The van der Waals surface area contributed by atoms with Gasteiger partial charge in [0.15, 0.2) is 11.5 Å².